The highest BCUT2D eigenvalue weighted by Crippen LogP contribution is 2.37. The Balaban J connectivity index is 1.98. The number of hydrogen-bond acceptors (Lipinski definition) is 3. The topological polar surface area (TPSA) is 34.6 Å². The van der Waals surface area contributed by atoms with Gasteiger partial charge in [0.1, 0.15) is 6.54 Å². The zero-order chi connectivity index (χ0) is 13.3. The highest BCUT2D eigenvalue weighted by molar-refractivity contribution is 7.25. The zero-order valence-corrected chi connectivity index (χ0v) is 11.7. The van der Waals surface area contributed by atoms with E-state index in [1.54, 1.807) is 0 Å². The van der Waals surface area contributed by atoms with Gasteiger partial charge in [-0.1, -0.05) is 11.3 Å². The minimum Gasteiger partial charge on any atom is -0.264 e. The van der Waals surface area contributed by atoms with Gasteiger partial charge in [-0.25, -0.2) is 9.13 Å². The second-order valence-corrected chi connectivity index (χ2v) is 6.16. The van der Waals surface area contributed by atoms with Crippen LogP contribution in [-0.4, -0.2) is 14.5 Å². The summed E-state index contributed by atoms with van der Waals surface area (Å²) in [4.78, 5) is 9.83. The summed E-state index contributed by atoms with van der Waals surface area (Å²) in [6.07, 6.45) is 7.67. The van der Waals surface area contributed by atoms with Gasteiger partial charge in [-0.15, -0.1) is 0 Å². The maximum Gasteiger partial charge on any atom is 0.292 e. The number of imidazole rings is 1. The van der Waals surface area contributed by atoms with Gasteiger partial charge in [-0.2, -0.15) is 0 Å². The second-order valence-electron chi connectivity index (χ2n) is 5.13. The van der Waals surface area contributed by atoms with E-state index in [4.69, 9.17) is 0 Å². The van der Waals surface area contributed by atoms with Crippen LogP contribution in [0, 0.1) is 0 Å². The van der Waals surface area contributed by atoms with Crippen molar-refractivity contribution in [1.82, 2.24) is 14.5 Å². The van der Waals surface area contributed by atoms with Gasteiger partial charge in [-0.05, 0) is 12.1 Å². The lowest BCUT2D eigenvalue weighted by Crippen LogP contribution is -2.30. The van der Waals surface area contributed by atoms with Crippen LogP contribution in [0.25, 0.3) is 31.8 Å². The molecular weight excluding hydrogens is 268 g/mol. The van der Waals surface area contributed by atoms with Crippen molar-refractivity contribution < 1.29 is 4.57 Å². The Bertz CT molecular complexity index is 996. The Labute approximate surface area is 119 Å². The van der Waals surface area contributed by atoms with Gasteiger partial charge in [0.15, 0.2) is 5.52 Å². The molecule has 5 heterocycles. The molecule has 1 aliphatic heterocycles. The van der Waals surface area contributed by atoms with E-state index >= 15 is 0 Å². The van der Waals surface area contributed by atoms with E-state index in [-0.39, 0.29) is 0 Å². The summed E-state index contributed by atoms with van der Waals surface area (Å²) in [6.45, 7) is 0.935. The second kappa shape index (κ2) is 3.43. The Morgan fingerprint density at radius 3 is 3.00 bits per heavy atom. The highest BCUT2D eigenvalue weighted by Gasteiger charge is 2.34. The molecule has 0 N–H and O–H groups in total. The maximum absolute atomic E-state index is 4.28. The quantitative estimate of drug-likeness (QED) is 0.408. The van der Waals surface area contributed by atoms with Crippen LogP contribution in [0.15, 0.2) is 36.9 Å². The first-order valence-corrected chi connectivity index (χ1v) is 7.34. The Morgan fingerprint density at radius 1 is 1.20 bits per heavy atom. The molecule has 4 nitrogen and oxygen atoms in total. The largest absolute Gasteiger partial charge is 0.292 e. The van der Waals surface area contributed by atoms with Crippen molar-refractivity contribution in [3.05, 3.63) is 42.5 Å². The highest BCUT2D eigenvalue weighted by atomic mass is 32.1. The van der Waals surface area contributed by atoms with Crippen molar-refractivity contribution in [3.8, 4) is 11.4 Å². The van der Waals surface area contributed by atoms with Crippen molar-refractivity contribution in [3.63, 3.8) is 0 Å². The minimum absolute atomic E-state index is 0.935. The summed E-state index contributed by atoms with van der Waals surface area (Å²) in [5.41, 5.74) is 3.90. The van der Waals surface area contributed by atoms with Gasteiger partial charge >= 0.3 is 0 Å². The number of hydrogen-bond donors (Lipinski definition) is 0. The number of pyridine rings is 2. The van der Waals surface area contributed by atoms with E-state index in [1.165, 1.54) is 37.4 Å². The molecule has 0 saturated heterocycles. The van der Waals surface area contributed by atoms with Crippen molar-refractivity contribution in [2.24, 2.45) is 7.05 Å². The molecular formula is C15H11N4S+. The van der Waals surface area contributed by atoms with E-state index < -0.39 is 0 Å². The first-order chi connectivity index (χ1) is 9.84. The molecule has 0 aromatic carbocycles. The fourth-order valence-electron chi connectivity index (χ4n) is 3.22. The smallest absolute Gasteiger partial charge is 0.264 e. The molecule has 0 unspecified atom stereocenters. The molecule has 4 aromatic rings. The summed E-state index contributed by atoms with van der Waals surface area (Å²) in [7, 11) is 2.14. The first kappa shape index (κ1) is 10.5. The molecule has 5 heteroatoms. The number of fused-ring (bicyclic) bond motifs is 7. The van der Waals surface area contributed by atoms with E-state index in [0.717, 1.165) is 6.54 Å². The van der Waals surface area contributed by atoms with Crippen molar-refractivity contribution >= 4 is 31.8 Å². The molecule has 1 aliphatic rings. The molecule has 20 heavy (non-hydrogen) atoms. The van der Waals surface area contributed by atoms with Crippen LogP contribution < -0.4 is 4.57 Å². The van der Waals surface area contributed by atoms with Gasteiger partial charge in [-0.3, -0.25) is 9.97 Å². The Morgan fingerprint density at radius 2 is 2.05 bits per heavy atom. The lowest BCUT2D eigenvalue weighted by molar-refractivity contribution is -0.644. The van der Waals surface area contributed by atoms with Crippen molar-refractivity contribution in [1.29, 1.82) is 0 Å². The molecule has 5 rings (SSSR count). The number of aromatic nitrogens is 4. The number of aryl methyl sites for hydroxylation is 1. The zero-order valence-electron chi connectivity index (χ0n) is 10.9. The molecule has 0 fully saturated rings. The van der Waals surface area contributed by atoms with Gasteiger partial charge < -0.3 is 0 Å². The third-order valence-electron chi connectivity index (χ3n) is 4.08. The average Bonchev–Trinajstić information content (AvgIpc) is 3.10. The minimum atomic E-state index is 0.935. The monoisotopic (exact) mass is 279 g/mol. The predicted octanol–water partition coefficient (Wildman–Crippen LogP) is 2.50. The van der Waals surface area contributed by atoms with Crippen molar-refractivity contribution in [2.75, 3.05) is 0 Å². The molecule has 0 saturated carbocycles. The lowest BCUT2D eigenvalue weighted by atomic mass is 10.2. The fraction of sp³-hybridized carbons (Fsp3) is 0.133. The van der Waals surface area contributed by atoms with Gasteiger partial charge in [0, 0.05) is 35.7 Å². The summed E-state index contributed by atoms with van der Waals surface area (Å²) >= 11 is 1.82. The predicted molar refractivity (Wildman–Crippen MR) is 78.6 cm³/mol. The summed E-state index contributed by atoms with van der Waals surface area (Å²) < 4.78 is 5.94. The third kappa shape index (κ3) is 1.10. The van der Waals surface area contributed by atoms with Crippen LogP contribution >= 0.6 is 11.3 Å². The van der Waals surface area contributed by atoms with Crippen LogP contribution in [0.2, 0.25) is 0 Å². The average molecular weight is 279 g/mol. The fourth-order valence-corrected chi connectivity index (χ4v) is 4.42. The van der Waals surface area contributed by atoms with E-state index in [1.807, 2.05) is 36.1 Å². The lowest BCUT2D eigenvalue weighted by Gasteiger charge is -1.94. The van der Waals surface area contributed by atoms with Crippen LogP contribution in [0.3, 0.4) is 0 Å². The maximum atomic E-state index is 4.28. The molecule has 4 aromatic heterocycles. The molecule has 0 bridgehead atoms. The van der Waals surface area contributed by atoms with E-state index in [0.29, 0.717) is 0 Å². The summed E-state index contributed by atoms with van der Waals surface area (Å²) in [6, 6.07) is 4.22. The van der Waals surface area contributed by atoms with Gasteiger partial charge in [0.25, 0.3) is 5.82 Å². The molecule has 0 atom stereocenters. The standard InChI is InChI=1S/C15H11N4S/c1-18-13-10-3-5-17-7-12(10)20-15(13)19-8-9-2-4-16-6-11(9)14(18)19/h2-7H,8H2,1H3/q+1. The normalized spacial score (nSPS) is 13.1. The van der Waals surface area contributed by atoms with E-state index in [9.17, 15) is 0 Å². The van der Waals surface area contributed by atoms with Gasteiger partial charge in [0.05, 0.1) is 17.3 Å². The van der Waals surface area contributed by atoms with Crippen LogP contribution in [-0.2, 0) is 13.6 Å². The number of rotatable bonds is 0. The third-order valence-corrected chi connectivity index (χ3v) is 5.24. The van der Waals surface area contributed by atoms with Crippen LogP contribution in [0.5, 0.6) is 0 Å². The molecule has 0 radical (unpaired) electrons. The first-order valence-electron chi connectivity index (χ1n) is 6.52. The SMILES string of the molecule is Cn1c2[n+](c3sc4cnccc4c31)Cc1ccncc1-2. The summed E-state index contributed by atoms with van der Waals surface area (Å²) in [5.74, 6) is 1.26. The van der Waals surface area contributed by atoms with Crippen LogP contribution in [0.4, 0.5) is 0 Å². The number of nitrogens with zero attached hydrogens (tertiary/aromatic N) is 4. The Hall–Kier alpha value is -2.27. The van der Waals surface area contributed by atoms with E-state index in [2.05, 4.69) is 38.3 Å². The van der Waals surface area contributed by atoms with Crippen molar-refractivity contribution in [2.45, 2.75) is 6.54 Å². The molecule has 0 aliphatic carbocycles. The molecule has 96 valence electrons. The molecule has 0 spiro atoms. The van der Waals surface area contributed by atoms with Crippen LogP contribution in [0.1, 0.15) is 5.56 Å². The van der Waals surface area contributed by atoms with Gasteiger partial charge in [0.2, 0.25) is 4.83 Å². The number of thiophene rings is 1. The molecule has 0 amide bonds. The summed E-state index contributed by atoms with van der Waals surface area (Å²) in [5, 5.41) is 1.29. The Kier molecular flexibility index (Phi) is 1.80.